The van der Waals surface area contributed by atoms with Crippen LogP contribution in [0.3, 0.4) is 0 Å². The molecule has 0 aromatic carbocycles. The Morgan fingerprint density at radius 2 is 1.96 bits per heavy atom. The van der Waals surface area contributed by atoms with E-state index >= 15 is 0 Å². The molecule has 2 aromatic rings. The fraction of sp³-hybridized carbons (Fsp3) is 0.632. The number of rotatable bonds is 5. The van der Waals surface area contributed by atoms with E-state index < -0.39 is 10.0 Å². The van der Waals surface area contributed by atoms with Crippen molar-refractivity contribution in [3.63, 3.8) is 0 Å². The highest BCUT2D eigenvalue weighted by atomic mass is 32.2. The minimum absolute atomic E-state index is 0.111. The van der Waals surface area contributed by atoms with Gasteiger partial charge in [0.1, 0.15) is 10.6 Å². The number of thiophene rings is 1. The van der Waals surface area contributed by atoms with Crippen molar-refractivity contribution in [2.24, 2.45) is 0 Å². The van der Waals surface area contributed by atoms with Crippen molar-refractivity contribution in [1.29, 1.82) is 0 Å². The number of nitrogens with zero attached hydrogens (tertiary/aromatic N) is 3. The largest absolute Gasteiger partial charge is 0.268 e. The number of piperidine rings is 1. The van der Waals surface area contributed by atoms with Crippen LogP contribution in [0.15, 0.2) is 28.6 Å². The van der Waals surface area contributed by atoms with Crippen LogP contribution in [-0.4, -0.2) is 35.1 Å². The molecule has 0 N–H and O–H groups in total. The van der Waals surface area contributed by atoms with Crippen LogP contribution in [0.1, 0.15) is 64.3 Å². The van der Waals surface area contributed by atoms with Gasteiger partial charge in [-0.05, 0) is 43.6 Å². The molecule has 1 saturated heterocycles. The highest BCUT2D eigenvalue weighted by Gasteiger charge is 2.36. The minimum atomic E-state index is -3.53. The van der Waals surface area contributed by atoms with Crippen LogP contribution < -0.4 is 0 Å². The molecule has 2 fully saturated rings. The fourth-order valence-corrected chi connectivity index (χ4v) is 7.02. The molecule has 5 nitrogen and oxygen atoms in total. The summed E-state index contributed by atoms with van der Waals surface area (Å²) in [7, 11) is -3.53. The summed E-state index contributed by atoms with van der Waals surface area (Å²) in [5, 5.41) is 6.75. The normalized spacial score (nSPS) is 22.9. The molecule has 1 unspecified atom stereocenters. The third-order valence-electron chi connectivity index (χ3n) is 5.78. The second kappa shape index (κ2) is 7.44. The molecule has 1 aliphatic heterocycles. The number of aromatic nitrogens is 2. The molecule has 1 atom stereocenters. The predicted octanol–water partition coefficient (Wildman–Crippen LogP) is 4.68. The van der Waals surface area contributed by atoms with Crippen molar-refractivity contribution in [1.82, 2.24) is 14.1 Å². The Hall–Kier alpha value is -1.18. The van der Waals surface area contributed by atoms with E-state index in [9.17, 15) is 8.42 Å². The Bertz CT molecular complexity index is 836. The zero-order valence-corrected chi connectivity index (χ0v) is 16.9. The van der Waals surface area contributed by atoms with Crippen molar-refractivity contribution in [2.45, 2.75) is 75.3 Å². The lowest BCUT2D eigenvalue weighted by Gasteiger charge is -2.33. The molecule has 2 aromatic heterocycles. The zero-order valence-electron chi connectivity index (χ0n) is 15.3. The average molecular weight is 394 g/mol. The highest BCUT2D eigenvalue weighted by Crippen LogP contribution is 2.37. The van der Waals surface area contributed by atoms with Crippen molar-refractivity contribution < 1.29 is 8.42 Å². The van der Waals surface area contributed by atoms with Gasteiger partial charge in [-0.3, -0.25) is 4.68 Å². The maximum Gasteiger partial charge on any atom is 0.247 e. The molecule has 7 heteroatoms. The summed E-state index contributed by atoms with van der Waals surface area (Å²) in [5.74, 6) is 0. The standard InChI is InChI=1S/C19H27N3O2S2/c1-2-15-8-5-6-12-22(15)26(23,24)18-14-21(16-9-3-4-10-16)20-19(18)17-11-7-13-25-17/h7,11,13-16H,2-6,8-10,12H2,1H3. The van der Waals surface area contributed by atoms with Gasteiger partial charge in [0.15, 0.2) is 0 Å². The lowest BCUT2D eigenvalue weighted by molar-refractivity contribution is 0.246. The number of sulfonamides is 1. The van der Waals surface area contributed by atoms with E-state index in [2.05, 4.69) is 6.92 Å². The summed E-state index contributed by atoms with van der Waals surface area (Å²) in [6.07, 6.45) is 10.3. The lowest BCUT2D eigenvalue weighted by atomic mass is 10.0. The summed E-state index contributed by atoms with van der Waals surface area (Å²) in [6.45, 7) is 2.71. The van der Waals surface area contributed by atoms with Crippen molar-refractivity contribution in [3.05, 3.63) is 23.7 Å². The minimum Gasteiger partial charge on any atom is -0.268 e. The monoisotopic (exact) mass is 393 g/mol. The van der Waals surface area contributed by atoms with Crippen LogP contribution in [0, 0.1) is 0 Å². The first kappa shape index (κ1) is 18.2. The quantitative estimate of drug-likeness (QED) is 0.741. The third kappa shape index (κ3) is 3.25. The SMILES string of the molecule is CCC1CCCCN1S(=O)(=O)c1cn(C2CCCC2)nc1-c1cccs1. The molecule has 0 amide bonds. The van der Waals surface area contributed by atoms with Gasteiger partial charge in [-0.25, -0.2) is 8.42 Å². The maximum absolute atomic E-state index is 13.6. The second-order valence-corrected chi connectivity index (χ2v) is 10.2. The fourth-order valence-electron chi connectivity index (χ4n) is 4.33. The molecule has 1 aliphatic carbocycles. The Balaban J connectivity index is 1.78. The van der Waals surface area contributed by atoms with E-state index in [-0.39, 0.29) is 6.04 Å². The number of hydrogen-bond donors (Lipinski definition) is 0. The first-order chi connectivity index (χ1) is 12.6. The van der Waals surface area contributed by atoms with Gasteiger partial charge < -0.3 is 0 Å². The molecular formula is C19H27N3O2S2. The zero-order chi connectivity index (χ0) is 18.1. The summed E-state index contributed by atoms with van der Waals surface area (Å²) in [6, 6.07) is 4.37. The van der Waals surface area contributed by atoms with Crippen LogP contribution >= 0.6 is 11.3 Å². The van der Waals surface area contributed by atoms with E-state index in [0.29, 0.717) is 23.2 Å². The Morgan fingerprint density at radius 3 is 2.65 bits per heavy atom. The molecule has 0 spiro atoms. The highest BCUT2D eigenvalue weighted by molar-refractivity contribution is 7.89. The average Bonchev–Trinajstić information content (AvgIpc) is 3.41. The molecule has 4 rings (SSSR count). The molecule has 142 valence electrons. The molecule has 1 saturated carbocycles. The van der Waals surface area contributed by atoms with Gasteiger partial charge in [-0.2, -0.15) is 9.40 Å². The molecule has 3 heterocycles. The van der Waals surface area contributed by atoms with Crippen LogP contribution in [0.4, 0.5) is 0 Å². The first-order valence-corrected chi connectivity index (χ1v) is 12.1. The Kier molecular flexibility index (Phi) is 5.21. The van der Waals surface area contributed by atoms with Gasteiger partial charge in [-0.1, -0.05) is 32.3 Å². The van der Waals surface area contributed by atoms with Crippen LogP contribution in [0.25, 0.3) is 10.6 Å². The van der Waals surface area contributed by atoms with Crippen LogP contribution in [0.2, 0.25) is 0 Å². The molecular weight excluding hydrogens is 366 g/mol. The van der Waals surface area contributed by atoms with Crippen molar-refractivity contribution >= 4 is 21.4 Å². The molecule has 0 radical (unpaired) electrons. The van der Waals surface area contributed by atoms with E-state index in [1.165, 1.54) is 12.8 Å². The van der Waals surface area contributed by atoms with Crippen LogP contribution in [0.5, 0.6) is 0 Å². The molecule has 0 bridgehead atoms. The lowest BCUT2D eigenvalue weighted by Crippen LogP contribution is -2.43. The molecule has 26 heavy (non-hydrogen) atoms. The summed E-state index contributed by atoms with van der Waals surface area (Å²) in [4.78, 5) is 1.33. The van der Waals surface area contributed by atoms with Gasteiger partial charge >= 0.3 is 0 Å². The topological polar surface area (TPSA) is 55.2 Å². The van der Waals surface area contributed by atoms with E-state index in [1.54, 1.807) is 15.6 Å². The van der Waals surface area contributed by atoms with E-state index in [0.717, 1.165) is 43.4 Å². The van der Waals surface area contributed by atoms with Gasteiger partial charge in [0, 0.05) is 18.8 Å². The van der Waals surface area contributed by atoms with Gasteiger partial charge in [0.25, 0.3) is 0 Å². The second-order valence-electron chi connectivity index (χ2n) is 7.41. The van der Waals surface area contributed by atoms with Crippen molar-refractivity contribution in [3.8, 4) is 10.6 Å². The number of hydrogen-bond acceptors (Lipinski definition) is 4. The Morgan fingerprint density at radius 1 is 1.19 bits per heavy atom. The van der Waals surface area contributed by atoms with E-state index in [4.69, 9.17) is 5.10 Å². The third-order valence-corrected chi connectivity index (χ3v) is 8.61. The molecule has 2 aliphatic rings. The van der Waals surface area contributed by atoms with Gasteiger partial charge in [-0.15, -0.1) is 11.3 Å². The predicted molar refractivity (Wildman–Crippen MR) is 105 cm³/mol. The van der Waals surface area contributed by atoms with E-state index in [1.807, 2.05) is 28.4 Å². The smallest absolute Gasteiger partial charge is 0.247 e. The summed E-state index contributed by atoms with van der Waals surface area (Å²) in [5.41, 5.74) is 0.632. The summed E-state index contributed by atoms with van der Waals surface area (Å²) < 4.78 is 30.8. The van der Waals surface area contributed by atoms with Gasteiger partial charge in [0.2, 0.25) is 10.0 Å². The summed E-state index contributed by atoms with van der Waals surface area (Å²) >= 11 is 1.56. The van der Waals surface area contributed by atoms with Crippen LogP contribution in [-0.2, 0) is 10.0 Å². The maximum atomic E-state index is 13.6. The van der Waals surface area contributed by atoms with Crippen molar-refractivity contribution in [2.75, 3.05) is 6.54 Å². The van der Waals surface area contributed by atoms with Gasteiger partial charge in [0.05, 0.1) is 10.9 Å². The Labute approximate surface area is 160 Å². The first-order valence-electron chi connectivity index (χ1n) is 9.76.